The predicted molar refractivity (Wildman–Crippen MR) is 108 cm³/mol. The minimum Gasteiger partial charge on any atom is -0.444 e. The van der Waals surface area contributed by atoms with Gasteiger partial charge in [-0.15, -0.1) is 0 Å². The van der Waals surface area contributed by atoms with E-state index in [1.165, 1.54) is 0 Å². The van der Waals surface area contributed by atoms with E-state index in [4.69, 9.17) is 4.74 Å². The third-order valence-corrected chi connectivity index (χ3v) is 4.28. The van der Waals surface area contributed by atoms with Crippen LogP contribution < -0.4 is 16.0 Å². The molecule has 1 aliphatic rings. The maximum absolute atomic E-state index is 12.0. The molecular formula is C19H37N5O3. The zero-order valence-electron chi connectivity index (χ0n) is 17.7. The number of nitrogens with one attached hydrogen (secondary N) is 3. The van der Waals surface area contributed by atoms with Gasteiger partial charge in [0.05, 0.1) is 0 Å². The van der Waals surface area contributed by atoms with Crippen LogP contribution in [0.15, 0.2) is 4.99 Å². The predicted octanol–water partition coefficient (Wildman–Crippen LogP) is 1.86. The fourth-order valence-electron chi connectivity index (χ4n) is 2.98. The Labute approximate surface area is 163 Å². The summed E-state index contributed by atoms with van der Waals surface area (Å²) in [4.78, 5) is 30.0. The minimum atomic E-state index is -0.518. The molecule has 3 N–H and O–H groups in total. The summed E-state index contributed by atoms with van der Waals surface area (Å²) in [5.41, 5.74) is -0.518. The Morgan fingerprint density at radius 1 is 1.30 bits per heavy atom. The van der Waals surface area contributed by atoms with Gasteiger partial charge in [0.25, 0.3) is 0 Å². The lowest BCUT2D eigenvalue weighted by Gasteiger charge is -2.25. The molecule has 0 spiro atoms. The summed E-state index contributed by atoms with van der Waals surface area (Å²) in [6, 6.07) is 0.139. The molecule has 1 aliphatic heterocycles. The fraction of sp³-hybridized carbons (Fsp3) is 0.842. The molecule has 1 rings (SSSR count). The Hall–Kier alpha value is -1.99. The molecule has 2 unspecified atom stereocenters. The third kappa shape index (κ3) is 8.97. The van der Waals surface area contributed by atoms with Crippen molar-refractivity contribution < 1.29 is 14.3 Å². The van der Waals surface area contributed by atoms with E-state index in [1.807, 2.05) is 32.6 Å². The highest BCUT2D eigenvalue weighted by molar-refractivity contribution is 5.80. The molecule has 156 valence electrons. The van der Waals surface area contributed by atoms with Crippen LogP contribution in [0.1, 0.15) is 60.3 Å². The zero-order valence-corrected chi connectivity index (χ0v) is 17.7. The lowest BCUT2D eigenvalue weighted by Crippen LogP contribution is -2.50. The highest BCUT2D eigenvalue weighted by Crippen LogP contribution is 2.10. The molecule has 1 fully saturated rings. The van der Waals surface area contributed by atoms with E-state index >= 15 is 0 Å². The summed E-state index contributed by atoms with van der Waals surface area (Å²) in [5.74, 6) is 0.865. The fourth-order valence-corrected chi connectivity index (χ4v) is 2.98. The number of ether oxygens (including phenoxy) is 1. The van der Waals surface area contributed by atoms with Crippen molar-refractivity contribution in [1.82, 2.24) is 20.9 Å². The van der Waals surface area contributed by atoms with Crippen molar-refractivity contribution in [2.75, 3.05) is 26.7 Å². The summed E-state index contributed by atoms with van der Waals surface area (Å²) in [7, 11) is 1.72. The van der Waals surface area contributed by atoms with Gasteiger partial charge in [0, 0.05) is 45.2 Å². The van der Waals surface area contributed by atoms with Crippen molar-refractivity contribution in [1.29, 1.82) is 0 Å². The Balaban J connectivity index is 2.48. The van der Waals surface area contributed by atoms with Crippen LogP contribution >= 0.6 is 0 Å². The first kappa shape index (κ1) is 23.0. The van der Waals surface area contributed by atoms with Crippen molar-refractivity contribution in [2.45, 2.75) is 78.0 Å². The summed E-state index contributed by atoms with van der Waals surface area (Å²) < 4.78 is 5.34. The lowest BCUT2D eigenvalue weighted by atomic mass is 10.1. The molecule has 0 radical (unpaired) electrons. The van der Waals surface area contributed by atoms with Crippen LogP contribution in [-0.4, -0.2) is 67.2 Å². The molecule has 2 atom stereocenters. The summed E-state index contributed by atoms with van der Waals surface area (Å²) in [5, 5.41) is 9.56. The van der Waals surface area contributed by atoms with Crippen LogP contribution in [0.25, 0.3) is 0 Å². The number of amides is 2. The van der Waals surface area contributed by atoms with Gasteiger partial charge < -0.3 is 25.6 Å². The molecule has 1 saturated heterocycles. The van der Waals surface area contributed by atoms with Crippen molar-refractivity contribution in [3.63, 3.8) is 0 Å². The monoisotopic (exact) mass is 383 g/mol. The molecular weight excluding hydrogens is 346 g/mol. The Bertz CT molecular complexity index is 516. The Kier molecular flexibility index (Phi) is 9.38. The zero-order chi connectivity index (χ0) is 20.4. The van der Waals surface area contributed by atoms with E-state index in [0.29, 0.717) is 25.5 Å². The van der Waals surface area contributed by atoms with Gasteiger partial charge in [0.15, 0.2) is 5.96 Å². The molecule has 1 heterocycles. The van der Waals surface area contributed by atoms with Gasteiger partial charge in [-0.1, -0.05) is 20.3 Å². The van der Waals surface area contributed by atoms with Crippen LogP contribution in [0.3, 0.4) is 0 Å². The Morgan fingerprint density at radius 2 is 2.00 bits per heavy atom. The van der Waals surface area contributed by atoms with E-state index in [-0.39, 0.29) is 18.0 Å². The SMILES string of the molecule is CCCC(CNC(=NC)NC1CCN(C(=O)CC)C1)NC(=O)OC(C)(C)C. The van der Waals surface area contributed by atoms with Gasteiger partial charge >= 0.3 is 6.09 Å². The van der Waals surface area contributed by atoms with Crippen LogP contribution in [0.5, 0.6) is 0 Å². The second kappa shape index (κ2) is 11.0. The Morgan fingerprint density at radius 3 is 2.56 bits per heavy atom. The highest BCUT2D eigenvalue weighted by Gasteiger charge is 2.26. The lowest BCUT2D eigenvalue weighted by molar-refractivity contribution is -0.129. The van der Waals surface area contributed by atoms with E-state index in [1.54, 1.807) is 7.05 Å². The molecule has 8 heteroatoms. The first-order valence-electron chi connectivity index (χ1n) is 9.93. The number of aliphatic imine (C=N–C) groups is 1. The molecule has 0 aromatic rings. The van der Waals surface area contributed by atoms with E-state index in [2.05, 4.69) is 27.9 Å². The van der Waals surface area contributed by atoms with E-state index in [9.17, 15) is 9.59 Å². The van der Waals surface area contributed by atoms with Gasteiger partial charge in [0.2, 0.25) is 5.91 Å². The number of rotatable bonds is 7. The normalized spacial score (nSPS) is 18.8. The number of hydrogen-bond acceptors (Lipinski definition) is 4. The average Bonchev–Trinajstić information content (AvgIpc) is 3.04. The van der Waals surface area contributed by atoms with Crippen molar-refractivity contribution in [2.24, 2.45) is 4.99 Å². The number of carbonyl (C=O) groups is 2. The molecule has 27 heavy (non-hydrogen) atoms. The topological polar surface area (TPSA) is 95.1 Å². The first-order valence-corrected chi connectivity index (χ1v) is 9.93. The second-order valence-electron chi connectivity index (χ2n) is 7.91. The molecule has 8 nitrogen and oxygen atoms in total. The maximum atomic E-state index is 12.0. The van der Waals surface area contributed by atoms with E-state index in [0.717, 1.165) is 25.8 Å². The number of carbonyl (C=O) groups excluding carboxylic acids is 2. The van der Waals surface area contributed by atoms with E-state index < -0.39 is 11.7 Å². The molecule has 0 aromatic heterocycles. The number of guanidine groups is 1. The smallest absolute Gasteiger partial charge is 0.407 e. The quantitative estimate of drug-likeness (QED) is 0.461. The van der Waals surface area contributed by atoms with Crippen molar-refractivity contribution in [3.8, 4) is 0 Å². The number of alkyl carbamates (subject to hydrolysis) is 1. The average molecular weight is 384 g/mol. The van der Waals surface area contributed by atoms with Crippen LogP contribution in [0.2, 0.25) is 0 Å². The van der Waals surface area contributed by atoms with Crippen LogP contribution in [0.4, 0.5) is 4.79 Å². The van der Waals surface area contributed by atoms with Gasteiger partial charge in [-0.3, -0.25) is 9.79 Å². The minimum absolute atomic E-state index is 0.0508. The van der Waals surface area contributed by atoms with Crippen molar-refractivity contribution >= 4 is 18.0 Å². The standard InChI is InChI=1S/C19H37N5O3/c1-7-9-14(23-18(26)27-19(3,4)5)12-21-17(20-6)22-15-10-11-24(13-15)16(25)8-2/h14-15H,7-13H2,1-6H3,(H,23,26)(H2,20,21,22). The molecule has 0 saturated carbocycles. The summed E-state index contributed by atoms with van der Waals surface area (Å²) in [6.07, 6.45) is 2.82. The van der Waals surface area contributed by atoms with Gasteiger partial charge in [-0.25, -0.2) is 4.79 Å². The number of hydrogen-bond donors (Lipinski definition) is 3. The van der Waals surface area contributed by atoms with Crippen LogP contribution in [-0.2, 0) is 9.53 Å². The molecule has 0 aromatic carbocycles. The molecule has 0 aliphatic carbocycles. The highest BCUT2D eigenvalue weighted by atomic mass is 16.6. The molecule has 2 amide bonds. The van der Waals surface area contributed by atoms with Gasteiger partial charge in [0.1, 0.15) is 5.60 Å². The third-order valence-electron chi connectivity index (χ3n) is 4.28. The number of nitrogens with zero attached hydrogens (tertiary/aromatic N) is 2. The largest absolute Gasteiger partial charge is 0.444 e. The summed E-state index contributed by atoms with van der Waals surface area (Å²) >= 11 is 0. The summed E-state index contributed by atoms with van der Waals surface area (Å²) in [6.45, 7) is 11.5. The van der Waals surface area contributed by atoms with Crippen LogP contribution in [0, 0.1) is 0 Å². The molecule has 0 bridgehead atoms. The van der Waals surface area contributed by atoms with Crippen molar-refractivity contribution in [3.05, 3.63) is 0 Å². The number of likely N-dealkylation sites (tertiary alicyclic amines) is 1. The first-order chi connectivity index (χ1) is 12.7. The second-order valence-corrected chi connectivity index (χ2v) is 7.91. The van der Waals surface area contributed by atoms with Gasteiger partial charge in [-0.2, -0.15) is 0 Å². The maximum Gasteiger partial charge on any atom is 0.407 e. The van der Waals surface area contributed by atoms with Gasteiger partial charge in [-0.05, 0) is 33.6 Å².